The Balaban J connectivity index is 1.51. The van der Waals surface area contributed by atoms with Crippen LogP contribution in [-0.2, 0) is 13.1 Å². The maximum atomic E-state index is 14.0. The van der Waals surface area contributed by atoms with E-state index in [0.717, 1.165) is 12.8 Å². The quantitative estimate of drug-likeness (QED) is 0.653. The van der Waals surface area contributed by atoms with E-state index >= 15 is 0 Å². The summed E-state index contributed by atoms with van der Waals surface area (Å²) < 4.78 is 33.0. The molecule has 0 bridgehead atoms. The van der Waals surface area contributed by atoms with Gasteiger partial charge in [0.05, 0.1) is 6.54 Å². The molecule has 4 nitrogen and oxygen atoms in total. The van der Waals surface area contributed by atoms with Crippen molar-refractivity contribution >= 4 is 0 Å². The molecule has 0 amide bonds. The van der Waals surface area contributed by atoms with Crippen LogP contribution in [0.15, 0.2) is 47.0 Å². The van der Waals surface area contributed by atoms with Gasteiger partial charge >= 0.3 is 0 Å². The minimum absolute atomic E-state index is 0.209. The molecule has 1 aliphatic rings. The van der Waals surface area contributed by atoms with Gasteiger partial charge in [0, 0.05) is 23.7 Å². The van der Waals surface area contributed by atoms with Gasteiger partial charge in [0.2, 0.25) is 11.7 Å². The predicted octanol–water partition coefficient (Wildman–Crippen LogP) is 4.49. The summed E-state index contributed by atoms with van der Waals surface area (Å²) in [5.74, 6) is 0.303. The lowest BCUT2D eigenvalue weighted by molar-refractivity contribution is 0.207. The number of hydrogen-bond donors (Lipinski definition) is 0. The number of nitrogens with zero attached hydrogens (tertiary/aromatic N) is 3. The van der Waals surface area contributed by atoms with Crippen LogP contribution in [0.3, 0.4) is 0 Å². The van der Waals surface area contributed by atoms with Crippen LogP contribution in [0.25, 0.3) is 11.4 Å². The van der Waals surface area contributed by atoms with Crippen molar-refractivity contribution in [3.63, 3.8) is 0 Å². The van der Waals surface area contributed by atoms with E-state index in [1.165, 1.54) is 12.1 Å². The maximum Gasteiger partial charge on any atom is 0.241 e. The second-order valence-corrected chi connectivity index (χ2v) is 6.70. The molecule has 6 heteroatoms. The molecule has 1 saturated carbocycles. The van der Waals surface area contributed by atoms with Crippen molar-refractivity contribution < 1.29 is 13.3 Å². The third-order valence-corrected chi connectivity index (χ3v) is 4.63. The number of benzene rings is 2. The number of hydrogen-bond acceptors (Lipinski definition) is 4. The third kappa shape index (κ3) is 3.65. The van der Waals surface area contributed by atoms with E-state index < -0.39 is 0 Å². The number of aryl methyl sites for hydroxylation is 1. The fourth-order valence-electron chi connectivity index (χ4n) is 2.94. The minimum Gasteiger partial charge on any atom is -0.338 e. The summed E-state index contributed by atoms with van der Waals surface area (Å²) in [5, 5.41) is 3.96. The van der Waals surface area contributed by atoms with Crippen molar-refractivity contribution in [2.75, 3.05) is 0 Å². The van der Waals surface area contributed by atoms with E-state index in [1.54, 1.807) is 31.2 Å². The topological polar surface area (TPSA) is 42.2 Å². The highest BCUT2D eigenvalue weighted by Gasteiger charge is 2.30. The van der Waals surface area contributed by atoms with Crippen molar-refractivity contribution in [2.24, 2.45) is 0 Å². The van der Waals surface area contributed by atoms with Crippen molar-refractivity contribution in [3.05, 3.63) is 71.1 Å². The van der Waals surface area contributed by atoms with Crippen LogP contribution >= 0.6 is 0 Å². The Morgan fingerprint density at radius 2 is 1.88 bits per heavy atom. The average molecular weight is 355 g/mol. The summed E-state index contributed by atoms with van der Waals surface area (Å²) in [6, 6.07) is 12.0. The van der Waals surface area contributed by atoms with Gasteiger partial charge in [-0.3, -0.25) is 4.90 Å². The van der Waals surface area contributed by atoms with E-state index in [9.17, 15) is 8.78 Å². The van der Waals surface area contributed by atoms with Crippen LogP contribution in [-0.4, -0.2) is 21.1 Å². The zero-order chi connectivity index (χ0) is 18.1. The Labute approximate surface area is 150 Å². The molecule has 1 fully saturated rings. The highest BCUT2D eigenvalue weighted by atomic mass is 19.1. The van der Waals surface area contributed by atoms with Gasteiger partial charge in [-0.05, 0) is 37.5 Å². The Bertz CT molecular complexity index is 921. The zero-order valence-electron chi connectivity index (χ0n) is 14.5. The summed E-state index contributed by atoms with van der Waals surface area (Å²) in [6.07, 6.45) is 2.16. The summed E-state index contributed by atoms with van der Waals surface area (Å²) in [7, 11) is 0. The molecule has 1 heterocycles. The smallest absolute Gasteiger partial charge is 0.241 e. The number of rotatable bonds is 6. The second-order valence-electron chi connectivity index (χ2n) is 6.70. The molecule has 0 spiro atoms. The van der Waals surface area contributed by atoms with Gasteiger partial charge in [-0.2, -0.15) is 4.98 Å². The van der Waals surface area contributed by atoms with Crippen molar-refractivity contribution in [2.45, 2.75) is 38.9 Å². The van der Waals surface area contributed by atoms with E-state index in [-0.39, 0.29) is 11.6 Å². The molecule has 4 rings (SSSR count). The molecule has 2 aromatic carbocycles. The molecule has 0 aliphatic heterocycles. The van der Waals surface area contributed by atoms with Crippen molar-refractivity contribution in [1.82, 2.24) is 15.0 Å². The lowest BCUT2D eigenvalue weighted by Gasteiger charge is -2.20. The van der Waals surface area contributed by atoms with Gasteiger partial charge in [0.25, 0.3) is 0 Å². The fraction of sp³-hybridized carbons (Fsp3) is 0.300. The number of halogens is 2. The Morgan fingerprint density at radius 1 is 1.08 bits per heavy atom. The Kier molecular flexibility index (Phi) is 4.51. The average Bonchev–Trinajstić information content (AvgIpc) is 3.38. The molecule has 3 aromatic rings. The van der Waals surface area contributed by atoms with E-state index in [4.69, 9.17) is 4.52 Å². The highest BCUT2D eigenvalue weighted by molar-refractivity contribution is 5.54. The van der Waals surface area contributed by atoms with Gasteiger partial charge in [-0.25, -0.2) is 8.78 Å². The second kappa shape index (κ2) is 6.96. The molecular weight excluding hydrogens is 336 g/mol. The molecule has 1 aromatic heterocycles. The number of aromatic nitrogens is 2. The minimum atomic E-state index is -0.298. The standard InChI is InChI=1S/C20H19F2N3O/c1-13-6-7-14(10-18(13)22)20-23-19(26-24-20)12-25(16-8-9-16)11-15-4-2-3-5-17(15)21/h2-7,10,16H,8-9,11-12H2,1H3. The molecule has 0 unspecified atom stereocenters. The van der Waals surface area contributed by atoms with Gasteiger partial charge in [0.15, 0.2) is 0 Å². The van der Waals surface area contributed by atoms with Crippen LogP contribution in [0, 0.1) is 18.6 Å². The van der Waals surface area contributed by atoms with Gasteiger partial charge in [-0.1, -0.05) is 35.5 Å². The zero-order valence-corrected chi connectivity index (χ0v) is 14.5. The normalized spacial score (nSPS) is 14.2. The molecule has 0 saturated heterocycles. The highest BCUT2D eigenvalue weighted by Crippen LogP contribution is 2.30. The SMILES string of the molecule is Cc1ccc(-c2noc(CN(Cc3ccccc3F)C3CC3)n2)cc1F. The van der Waals surface area contributed by atoms with Crippen LogP contribution < -0.4 is 0 Å². The van der Waals surface area contributed by atoms with E-state index in [0.29, 0.717) is 47.5 Å². The molecule has 0 radical (unpaired) electrons. The fourth-order valence-corrected chi connectivity index (χ4v) is 2.94. The maximum absolute atomic E-state index is 14.0. The Hall–Kier alpha value is -2.60. The molecular formula is C20H19F2N3O. The molecule has 26 heavy (non-hydrogen) atoms. The first-order chi connectivity index (χ1) is 12.6. The predicted molar refractivity (Wildman–Crippen MR) is 93.1 cm³/mol. The van der Waals surface area contributed by atoms with Crippen molar-refractivity contribution in [1.29, 1.82) is 0 Å². The van der Waals surface area contributed by atoms with Crippen LogP contribution in [0.4, 0.5) is 8.78 Å². The first-order valence-electron chi connectivity index (χ1n) is 8.67. The summed E-state index contributed by atoms with van der Waals surface area (Å²) >= 11 is 0. The van der Waals surface area contributed by atoms with Crippen LogP contribution in [0.1, 0.15) is 29.9 Å². The van der Waals surface area contributed by atoms with Gasteiger partial charge in [-0.15, -0.1) is 0 Å². The van der Waals surface area contributed by atoms with E-state index in [2.05, 4.69) is 15.0 Å². The van der Waals surface area contributed by atoms with Crippen LogP contribution in [0.5, 0.6) is 0 Å². The van der Waals surface area contributed by atoms with Gasteiger partial charge < -0.3 is 4.52 Å². The molecule has 1 aliphatic carbocycles. The molecule has 0 atom stereocenters. The van der Waals surface area contributed by atoms with E-state index in [1.807, 2.05) is 6.07 Å². The van der Waals surface area contributed by atoms with Crippen LogP contribution in [0.2, 0.25) is 0 Å². The molecule has 0 N–H and O–H groups in total. The Morgan fingerprint density at radius 3 is 2.62 bits per heavy atom. The first-order valence-corrected chi connectivity index (χ1v) is 8.67. The largest absolute Gasteiger partial charge is 0.338 e. The third-order valence-electron chi connectivity index (χ3n) is 4.63. The molecule has 134 valence electrons. The van der Waals surface area contributed by atoms with Crippen molar-refractivity contribution in [3.8, 4) is 11.4 Å². The monoisotopic (exact) mass is 355 g/mol. The van der Waals surface area contributed by atoms with Gasteiger partial charge in [0.1, 0.15) is 11.6 Å². The summed E-state index contributed by atoms with van der Waals surface area (Å²) in [4.78, 5) is 6.53. The summed E-state index contributed by atoms with van der Waals surface area (Å²) in [5.41, 5.74) is 1.80. The summed E-state index contributed by atoms with van der Waals surface area (Å²) in [6.45, 7) is 2.64. The lowest BCUT2D eigenvalue weighted by Crippen LogP contribution is -2.25. The lowest BCUT2D eigenvalue weighted by atomic mass is 10.1. The first kappa shape index (κ1) is 16.8.